The largest absolute Gasteiger partial charge is 0.355 e. The van der Waals surface area contributed by atoms with E-state index in [1.807, 2.05) is 0 Å². The summed E-state index contributed by atoms with van der Waals surface area (Å²) in [5, 5.41) is 22.0. The van der Waals surface area contributed by atoms with E-state index in [2.05, 4.69) is 25.8 Å². The number of aromatic nitrogens is 4. The van der Waals surface area contributed by atoms with Crippen molar-refractivity contribution in [2.45, 2.75) is 0 Å². The Morgan fingerprint density at radius 1 is 1.00 bits per heavy atom. The van der Waals surface area contributed by atoms with Crippen molar-refractivity contribution in [1.29, 1.82) is 0 Å². The Labute approximate surface area is 139 Å². The first-order chi connectivity index (χ1) is 12.1. The molecule has 12 heteroatoms. The normalized spacial score (nSPS) is 10.2. The number of hydrogen-bond acceptors (Lipinski definition) is 9. The summed E-state index contributed by atoms with van der Waals surface area (Å²) < 4.78 is 1.39. The number of hydrazine groups is 1. The van der Waals surface area contributed by atoms with Crippen LogP contribution in [-0.2, 0) is 0 Å². The highest BCUT2D eigenvalue weighted by Gasteiger charge is 2.24. The monoisotopic (exact) mass is 342 g/mol. The second kappa shape index (κ2) is 6.57. The maximum atomic E-state index is 11.4. The molecule has 0 aliphatic rings. The van der Waals surface area contributed by atoms with Crippen LogP contribution in [0, 0.1) is 20.2 Å². The summed E-state index contributed by atoms with van der Waals surface area (Å²) in [5.74, 6) is -0.0208. The van der Waals surface area contributed by atoms with Gasteiger partial charge in [-0.3, -0.25) is 35.6 Å². The third-order valence-electron chi connectivity index (χ3n) is 3.14. The van der Waals surface area contributed by atoms with Gasteiger partial charge >= 0.3 is 5.69 Å². The Kier molecular flexibility index (Phi) is 4.15. The van der Waals surface area contributed by atoms with Crippen molar-refractivity contribution in [3.05, 3.63) is 69.5 Å². The third kappa shape index (κ3) is 3.31. The van der Waals surface area contributed by atoms with Gasteiger partial charge in [-0.15, -0.1) is 0 Å². The van der Waals surface area contributed by atoms with E-state index >= 15 is 0 Å². The Bertz CT molecular complexity index is 910. The number of rotatable bonds is 6. The SMILES string of the molecule is O=[N+]([O-])c1ccc(NNc2ncnc(-n3ccnc3)c2[N+](=O)[O-])cc1. The van der Waals surface area contributed by atoms with Gasteiger partial charge in [0, 0.05) is 24.5 Å². The fourth-order valence-corrected chi connectivity index (χ4v) is 2.00. The molecule has 0 saturated heterocycles. The van der Waals surface area contributed by atoms with E-state index in [4.69, 9.17) is 0 Å². The summed E-state index contributed by atoms with van der Waals surface area (Å²) in [6, 6.07) is 5.51. The van der Waals surface area contributed by atoms with E-state index < -0.39 is 9.85 Å². The Morgan fingerprint density at radius 2 is 1.76 bits per heavy atom. The minimum atomic E-state index is -0.616. The number of benzene rings is 1. The van der Waals surface area contributed by atoms with Crippen molar-refractivity contribution in [2.75, 3.05) is 10.9 Å². The van der Waals surface area contributed by atoms with Crippen LogP contribution in [0.15, 0.2) is 49.3 Å². The molecular formula is C13H10N8O4. The van der Waals surface area contributed by atoms with Gasteiger partial charge in [0.2, 0.25) is 11.6 Å². The average Bonchev–Trinajstić information content (AvgIpc) is 3.14. The van der Waals surface area contributed by atoms with Crippen molar-refractivity contribution in [3.8, 4) is 5.82 Å². The van der Waals surface area contributed by atoms with Gasteiger partial charge < -0.3 is 0 Å². The van der Waals surface area contributed by atoms with Crippen molar-refractivity contribution in [2.24, 2.45) is 0 Å². The highest BCUT2D eigenvalue weighted by atomic mass is 16.6. The quantitative estimate of drug-likeness (QED) is 0.505. The van der Waals surface area contributed by atoms with Gasteiger partial charge in [0.1, 0.15) is 12.7 Å². The smallest absolute Gasteiger partial charge is 0.299 e. The van der Waals surface area contributed by atoms with E-state index in [-0.39, 0.29) is 23.0 Å². The molecule has 0 aliphatic carbocycles. The topological polar surface area (TPSA) is 154 Å². The van der Waals surface area contributed by atoms with Crippen LogP contribution >= 0.6 is 0 Å². The molecule has 1 aromatic carbocycles. The van der Waals surface area contributed by atoms with Gasteiger partial charge in [-0.1, -0.05) is 0 Å². The summed E-state index contributed by atoms with van der Waals surface area (Å²) in [5.41, 5.74) is 5.36. The fourth-order valence-electron chi connectivity index (χ4n) is 2.00. The maximum absolute atomic E-state index is 11.4. The molecule has 0 radical (unpaired) electrons. The summed E-state index contributed by atoms with van der Waals surface area (Å²) in [6.45, 7) is 0. The highest BCUT2D eigenvalue weighted by molar-refractivity contribution is 5.66. The lowest BCUT2D eigenvalue weighted by Gasteiger charge is -2.10. The lowest BCUT2D eigenvalue weighted by Crippen LogP contribution is -2.14. The molecule has 0 amide bonds. The van der Waals surface area contributed by atoms with Crippen LogP contribution in [0.5, 0.6) is 0 Å². The van der Waals surface area contributed by atoms with Crippen LogP contribution in [0.1, 0.15) is 0 Å². The number of anilines is 2. The summed E-state index contributed by atoms with van der Waals surface area (Å²) >= 11 is 0. The molecule has 0 aliphatic heterocycles. The zero-order valence-corrected chi connectivity index (χ0v) is 12.4. The molecule has 2 aromatic heterocycles. The number of nitrogens with zero attached hydrogens (tertiary/aromatic N) is 6. The van der Waals surface area contributed by atoms with Crippen LogP contribution in [0.4, 0.5) is 22.9 Å². The molecule has 2 N–H and O–H groups in total. The van der Waals surface area contributed by atoms with Crippen LogP contribution in [0.25, 0.3) is 5.82 Å². The molecule has 126 valence electrons. The number of nitro groups is 2. The molecule has 0 atom stereocenters. The lowest BCUT2D eigenvalue weighted by molar-refractivity contribution is -0.384. The maximum Gasteiger partial charge on any atom is 0.355 e. The molecule has 12 nitrogen and oxygen atoms in total. The minimum absolute atomic E-state index is 0.0468. The molecule has 3 rings (SSSR count). The molecule has 0 saturated carbocycles. The van der Waals surface area contributed by atoms with Crippen LogP contribution < -0.4 is 10.9 Å². The highest BCUT2D eigenvalue weighted by Crippen LogP contribution is 2.27. The Hall–Kier alpha value is -4.09. The van der Waals surface area contributed by atoms with E-state index in [1.165, 1.54) is 53.9 Å². The fraction of sp³-hybridized carbons (Fsp3) is 0. The summed E-state index contributed by atoms with van der Waals surface area (Å²) in [7, 11) is 0. The standard InChI is InChI=1S/C13H10N8O4/c22-20(23)10-3-1-9(2-4-10)17-18-12-11(21(24)25)13(16-7-15-12)19-6-5-14-8-19/h1-8,17H,(H,15,16,18). The summed E-state index contributed by atoms with van der Waals surface area (Å²) in [4.78, 5) is 32.5. The second-order valence-corrected chi connectivity index (χ2v) is 4.68. The number of imidazole rings is 1. The van der Waals surface area contributed by atoms with Gasteiger partial charge in [-0.2, -0.15) is 0 Å². The molecule has 0 fully saturated rings. The first-order valence-electron chi connectivity index (χ1n) is 6.80. The first kappa shape index (κ1) is 15.8. The number of hydrogen-bond donors (Lipinski definition) is 2. The van der Waals surface area contributed by atoms with Gasteiger partial charge in [-0.25, -0.2) is 15.0 Å². The lowest BCUT2D eigenvalue weighted by atomic mass is 10.3. The van der Waals surface area contributed by atoms with E-state index in [9.17, 15) is 20.2 Å². The zero-order chi connectivity index (χ0) is 17.8. The zero-order valence-electron chi connectivity index (χ0n) is 12.4. The number of nitro benzene ring substituents is 1. The second-order valence-electron chi connectivity index (χ2n) is 4.68. The number of non-ortho nitro benzene ring substituents is 1. The van der Waals surface area contributed by atoms with Crippen LogP contribution in [0.3, 0.4) is 0 Å². The van der Waals surface area contributed by atoms with Crippen molar-refractivity contribution in [3.63, 3.8) is 0 Å². The molecule has 2 heterocycles. The molecule has 25 heavy (non-hydrogen) atoms. The Balaban J connectivity index is 1.86. The van der Waals surface area contributed by atoms with Gasteiger partial charge in [0.15, 0.2) is 0 Å². The predicted octanol–water partition coefficient (Wildman–Crippen LogP) is 1.92. The van der Waals surface area contributed by atoms with Crippen molar-refractivity contribution >= 4 is 22.9 Å². The van der Waals surface area contributed by atoms with Gasteiger partial charge in [0.05, 0.1) is 15.5 Å². The molecule has 0 unspecified atom stereocenters. The molecule has 0 bridgehead atoms. The summed E-state index contributed by atoms with van der Waals surface area (Å²) in [6.07, 6.45) is 5.53. The van der Waals surface area contributed by atoms with Crippen LogP contribution in [-0.4, -0.2) is 29.4 Å². The first-order valence-corrected chi connectivity index (χ1v) is 6.80. The molecule has 3 aromatic rings. The van der Waals surface area contributed by atoms with E-state index in [0.29, 0.717) is 5.69 Å². The van der Waals surface area contributed by atoms with Gasteiger partial charge in [0.25, 0.3) is 5.69 Å². The van der Waals surface area contributed by atoms with Crippen molar-refractivity contribution < 1.29 is 9.85 Å². The molecular weight excluding hydrogens is 332 g/mol. The Morgan fingerprint density at radius 3 is 2.36 bits per heavy atom. The molecule has 0 spiro atoms. The third-order valence-corrected chi connectivity index (χ3v) is 3.14. The van der Waals surface area contributed by atoms with E-state index in [1.54, 1.807) is 0 Å². The van der Waals surface area contributed by atoms with Crippen LogP contribution in [0.2, 0.25) is 0 Å². The van der Waals surface area contributed by atoms with Gasteiger partial charge in [-0.05, 0) is 12.1 Å². The minimum Gasteiger partial charge on any atom is -0.299 e. The van der Waals surface area contributed by atoms with Crippen molar-refractivity contribution in [1.82, 2.24) is 19.5 Å². The average molecular weight is 342 g/mol. The van der Waals surface area contributed by atoms with E-state index in [0.717, 1.165) is 0 Å². The number of nitrogens with one attached hydrogen (secondary N) is 2. The predicted molar refractivity (Wildman–Crippen MR) is 86.2 cm³/mol.